The molecule has 78 valence electrons. The van der Waals surface area contributed by atoms with Crippen LogP contribution in [0.5, 0.6) is 0 Å². The molecule has 1 aliphatic carbocycles. The van der Waals surface area contributed by atoms with Crippen LogP contribution in [0, 0.1) is 0 Å². The number of nitrogens with one attached hydrogen (secondary N) is 1. The second kappa shape index (κ2) is 3.35. The largest absolute Gasteiger partial charge is 0.372 e. The number of fused-ring (bicyclic) bond motifs is 1. The first kappa shape index (κ1) is 8.92. The Kier molecular flexibility index (Phi) is 1.99. The van der Waals surface area contributed by atoms with Crippen molar-refractivity contribution in [2.24, 2.45) is 0 Å². The lowest BCUT2D eigenvalue weighted by atomic mass is 10.1. The Hall–Kier alpha value is -1.35. The summed E-state index contributed by atoms with van der Waals surface area (Å²) >= 11 is 0. The molecule has 2 aliphatic rings. The van der Waals surface area contributed by atoms with Crippen molar-refractivity contribution in [2.45, 2.75) is 32.1 Å². The van der Waals surface area contributed by atoms with Gasteiger partial charge in [-0.3, -0.25) is 4.79 Å². The van der Waals surface area contributed by atoms with Gasteiger partial charge in [0.2, 0.25) is 0 Å². The predicted octanol–water partition coefficient (Wildman–Crippen LogP) is 1.61. The lowest BCUT2D eigenvalue weighted by Crippen LogP contribution is -2.25. The summed E-state index contributed by atoms with van der Waals surface area (Å²) in [5, 5.41) is 2.98. The molecule has 0 spiro atoms. The number of rotatable bonds is 2. The lowest BCUT2D eigenvalue weighted by molar-refractivity contribution is 0.0951. The summed E-state index contributed by atoms with van der Waals surface area (Å²) in [6.07, 6.45) is 2.25. The van der Waals surface area contributed by atoms with E-state index in [4.69, 9.17) is 4.74 Å². The van der Waals surface area contributed by atoms with Crippen molar-refractivity contribution < 1.29 is 9.53 Å². The van der Waals surface area contributed by atoms with Crippen molar-refractivity contribution in [3.63, 3.8) is 0 Å². The summed E-state index contributed by atoms with van der Waals surface area (Å²) in [5.41, 5.74) is 3.11. The van der Waals surface area contributed by atoms with E-state index < -0.39 is 0 Å². The number of benzene rings is 1. The third-order valence-corrected chi connectivity index (χ3v) is 2.90. The van der Waals surface area contributed by atoms with Crippen molar-refractivity contribution in [2.75, 3.05) is 0 Å². The Morgan fingerprint density at radius 3 is 2.87 bits per heavy atom. The number of carbonyl (C=O) groups is 1. The molecular formula is C12H13NO2. The molecule has 3 nitrogen and oxygen atoms in total. The van der Waals surface area contributed by atoms with Crippen molar-refractivity contribution in [1.82, 2.24) is 5.32 Å². The summed E-state index contributed by atoms with van der Waals surface area (Å²) < 4.78 is 5.31. The van der Waals surface area contributed by atoms with Crippen molar-refractivity contribution >= 4 is 5.91 Å². The Bertz CT molecular complexity index is 410. The highest BCUT2D eigenvalue weighted by Crippen LogP contribution is 2.22. The van der Waals surface area contributed by atoms with Gasteiger partial charge in [-0.1, -0.05) is 6.07 Å². The first-order valence-electron chi connectivity index (χ1n) is 5.33. The number of ether oxygens (including phenoxy) is 1. The minimum Gasteiger partial charge on any atom is -0.372 e. The Labute approximate surface area is 88.4 Å². The van der Waals surface area contributed by atoms with Crippen LogP contribution in [0.2, 0.25) is 0 Å². The summed E-state index contributed by atoms with van der Waals surface area (Å²) in [5.74, 6) is 0.0483. The summed E-state index contributed by atoms with van der Waals surface area (Å²) in [4.78, 5) is 11.7. The zero-order chi connectivity index (χ0) is 10.3. The van der Waals surface area contributed by atoms with E-state index in [0.29, 0.717) is 19.3 Å². The topological polar surface area (TPSA) is 38.3 Å². The van der Waals surface area contributed by atoms with Gasteiger partial charge in [0.05, 0.1) is 13.2 Å². The maximum atomic E-state index is 11.7. The van der Waals surface area contributed by atoms with Gasteiger partial charge in [0, 0.05) is 11.6 Å². The minimum atomic E-state index is 0.0483. The van der Waals surface area contributed by atoms with E-state index in [1.807, 2.05) is 18.2 Å². The van der Waals surface area contributed by atoms with Crippen LogP contribution in [0.1, 0.15) is 34.3 Å². The van der Waals surface area contributed by atoms with Crippen LogP contribution in [0.15, 0.2) is 18.2 Å². The maximum absolute atomic E-state index is 11.7. The number of hydrogen-bond donors (Lipinski definition) is 1. The molecule has 1 saturated carbocycles. The molecule has 0 saturated heterocycles. The molecule has 1 heterocycles. The van der Waals surface area contributed by atoms with Gasteiger partial charge in [-0.05, 0) is 36.1 Å². The van der Waals surface area contributed by atoms with Gasteiger partial charge in [0.25, 0.3) is 5.91 Å². The van der Waals surface area contributed by atoms with Crippen molar-refractivity contribution in [3.8, 4) is 0 Å². The predicted molar refractivity (Wildman–Crippen MR) is 55.4 cm³/mol. The average molecular weight is 203 g/mol. The molecule has 1 aromatic carbocycles. The standard InChI is InChI=1S/C12H13NO2/c14-12(13-11-3-4-11)8-1-2-9-6-15-7-10(9)5-8/h1-2,5,11H,3-4,6-7H2,(H,13,14). The molecule has 1 N–H and O–H groups in total. The van der Waals surface area contributed by atoms with Gasteiger partial charge >= 0.3 is 0 Å². The van der Waals surface area contributed by atoms with Crippen molar-refractivity contribution in [1.29, 1.82) is 0 Å². The van der Waals surface area contributed by atoms with Crippen LogP contribution < -0.4 is 5.32 Å². The monoisotopic (exact) mass is 203 g/mol. The fourth-order valence-corrected chi connectivity index (χ4v) is 1.81. The van der Waals surface area contributed by atoms with Crippen LogP contribution in [0.4, 0.5) is 0 Å². The van der Waals surface area contributed by atoms with E-state index in [0.717, 1.165) is 24.0 Å². The SMILES string of the molecule is O=C(NC1CC1)c1ccc2c(c1)COC2. The summed E-state index contributed by atoms with van der Waals surface area (Å²) in [7, 11) is 0. The zero-order valence-corrected chi connectivity index (χ0v) is 8.45. The quantitative estimate of drug-likeness (QED) is 0.793. The van der Waals surface area contributed by atoms with E-state index in [-0.39, 0.29) is 5.91 Å². The van der Waals surface area contributed by atoms with Gasteiger partial charge in [-0.15, -0.1) is 0 Å². The summed E-state index contributed by atoms with van der Waals surface area (Å²) in [6.45, 7) is 1.32. The van der Waals surface area contributed by atoms with Gasteiger partial charge < -0.3 is 10.1 Å². The molecule has 1 aliphatic heterocycles. The molecule has 3 rings (SSSR count). The van der Waals surface area contributed by atoms with E-state index in [2.05, 4.69) is 5.32 Å². The third-order valence-electron chi connectivity index (χ3n) is 2.90. The second-order valence-corrected chi connectivity index (χ2v) is 4.22. The van der Waals surface area contributed by atoms with Crippen LogP contribution >= 0.6 is 0 Å². The molecule has 3 heteroatoms. The number of hydrogen-bond acceptors (Lipinski definition) is 2. The Morgan fingerprint density at radius 2 is 2.07 bits per heavy atom. The first-order chi connectivity index (χ1) is 7.33. The van der Waals surface area contributed by atoms with Crippen molar-refractivity contribution in [3.05, 3.63) is 34.9 Å². The molecule has 0 bridgehead atoms. The van der Waals surface area contributed by atoms with Gasteiger partial charge in [0.1, 0.15) is 0 Å². The molecule has 0 aromatic heterocycles. The van der Waals surface area contributed by atoms with E-state index in [1.54, 1.807) is 0 Å². The minimum absolute atomic E-state index is 0.0483. The van der Waals surface area contributed by atoms with Gasteiger partial charge in [-0.2, -0.15) is 0 Å². The van der Waals surface area contributed by atoms with Crippen LogP contribution in [0.25, 0.3) is 0 Å². The number of carbonyl (C=O) groups excluding carboxylic acids is 1. The van der Waals surface area contributed by atoms with E-state index in [9.17, 15) is 4.79 Å². The highest BCUT2D eigenvalue weighted by molar-refractivity contribution is 5.94. The van der Waals surface area contributed by atoms with Crippen LogP contribution in [0.3, 0.4) is 0 Å². The molecule has 1 amide bonds. The first-order valence-corrected chi connectivity index (χ1v) is 5.33. The molecule has 0 radical (unpaired) electrons. The van der Waals surface area contributed by atoms with Gasteiger partial charge in [0.15, 0.2) is 0 Å². The third kappa shape index (κ3) is 1.75. The molecular weight excluding hydrogens is 190 g/mol. The molecule has 1 aromatic rings. The fourth-order valence-electron chi connectivity index (χ4n) is 1.81. The van der Waals surface area contributed by atoms with Gasteiger partial charge in [-0.25, -0.2) is 0 Å². The average Bonchev–Trinajstić information content (AvgIpc) is 2.94. The normalized spacial score (nSPS) is 18.7. The number of amides is 1. The highest BCUT2D eigenvalue weighted by Gasteiger charge is 2.24. The van der Waals surface area contributed by atoms with E-state index >= 15 is 0 Å². The van der Waals surface area contributed by atoms with E-state index in [1.165, 1.54) is 5.56 Å². The fraction of sp³-hybridized carbons (Fsp3) is 0.417. The molecule has 15 heavy (non-hydrogen) atoms. The molecule has 1 fully saturated rings. The van der Waals surface area contributed by atoms with Crippen LogP contribution in [-0.2, 0) is 18.0 Å². The highest BCUT2D eigenvalue weighted by atomic mass is 16.5. The zero-order valence-electron chi connectivity index (χ0n) is 8.45. The van der Waals surface area contributed by atoms with Crippen LogP contribution in [-0.4, -0.2) is 11.9 Å². The second-order valence-electron chi connectivity index (χ2n) is 4.22. The molecule has 0 atom stereocenters. The molecule has 0 unspecified atom stereocenters. The summed E-state index contributed by atoms with van der Waals surface area (Å²) in [6, 6.07) is 6.23. The Balaban J connectivity index is 1.82. The maximum Gasteiger partial charge on any atom is 0.251 e. The smallest absolute Gasteiger partial charge is 0.251 e. The Morgan fingerprint density at radius 1 is 1.27 bits per heavy atom. The lowest BCUT2D eigenvalue weighted by Gasteiger charge is -2.04.